The van der Waals surface area contributed by atoms with Crippen LogP contribution in [0, 0.1) is 0 Å². The van der Waals surface area contributed by atoms with E-state index in [0.717, 1.165) is 12.8 Å². The van der Waals surface area contributed by atoms with Gasteiger partial charge < -0.3 is 0 Å². The van der Waals surface area contributed by atoms with Gasteiger partial charge in [-0.1, -0.05) is 23.2 Å². The van der Waals surface area contributed by atoms with E-state index in [1.54, 1.807) is 6.92 Å². The second-order valence-corrected chi connectivity index (χ2v) is 4.18. The number of Topliss-reactive ketones (excluding diaryl/α,β-unsaturated/α-hetero) is 1. The van der Waals surface area contributed by atoms with E-state index in [4.69, 9.17) is 23.2 Å². The molecule has 0 spiro atoms. The van der Waals surface area contributed by atoms with Crippen LogP contribution in [0.25, 0.3) is 0 Å². The number of carbonyl (C=O) groups is 1. The van der Waals surface area contributed by atoms with Crippen LogP contribution in [0.1, 0.15) is 25.3 Å². The maximum atomic E-state index is 11.5. The molecule has 2 rings (SSSR count). The summed E-state index contributed by atoms with van der Waals surface area (Å²) in [6.07, 6.45) is 2.87. The van der Waals surface area contributed by atoms with E-state index < -0.39 is 5.41 Å². The zero-order valence-corrected chi connectivity index (χ0v) is 9.06. The van der Waals surface area contributed by atoms with Crippen molar-refractivity contribution < 1.29 is 4.79 Å². The highest BCUT2D eigenvalue weighted by Crippen LogP contribution is 2.52. The van der Waals surface area contributed by atoms with Gasteiger partial charge in [-0.2, -0.15) is 0 Å². The first kappa shape index (κ1) is 9.87. The zero-order valence-electron chi connectivity index (χ0n) is 7.55. The largest absolute Gasteiger partial charge is 0.299 e. The minimum absolute atomic E-state index is 0.0797. The van der Waals surface area contributed by atoms with Gasteiger partial charge in [0.2, 0.25) is 0 Å². The molecule has 0 aromatic carbocycles. The van der Waals surface area contributed by atoms with Gasteiger partial charge in [0.15, 0.2) is 0 Å². The molecule has 0 saturated heterocycles. The lowest BCUT2D eigenvalue weighted by atomic mass is 9.95. The first-order valence-corrected chi connectivity index (χ1v) is 5.01. The number of hydrogen-bond acceptors (Lipinski definition) is 3. The lowest BCUT2D eigenvalue weighted by Crippen LogP contribution is -2.19. The number of ketones is 1. The Balaban J connectivity index is 2.56. The molecule has 1 heterocycles. The molecule has 1 aliphatic carbocycles. The maximum absolute atomic E-state index is 11.5. The quantitative estimate of drug-likeness (QED) is 0.734. The van der Waals surface area contributed by atoms with Crippen molar-refractivity contribution in [2.75, 3.05) is 0 Å². The first-order valence-electron chi connectivity index (χ1n) is 4.25. The van der Waals surface area contributed by atoms with Gasteiger partial charge in [-0.3, -0.25) is 4.79 Å². The second-order valence-electron chi connectivity index (χ2n) is 3.47. The average molecular weight is 231 g/mol. The number of nitrogens with zero attached hydrogens (tertiary/aromatic N) is 2. The predicted molar refractivity (Wildman–Crippen MR) is 53.6 cm³/mol. The summed E-state index contributed by atoms with van der Waals surface area (Å²) in [4.78, 5) is 19.2. The van der Waals surface area contributed by atoms with Gasteiger partial charge in [0.25, 0.3) is 0 Å². The van der Waals surface area contributed by atoms with Crippen molar-refractivity contribution in [3.63, 3.8) is 0 Å². The van der Waals surface area contributed by atoms with Gasteiger partial charge in [-0.15, -0.1) is 0 Å². The second kappa shape index (κ2) is 3.17. The summed E-state index contributed by atoms with van der Waals surface area (Å²) >= 11 is 11.8. The van der Waals surface area contributed by atoms with E-state index in [2.05, 4.69) is 9.97 Å². The van der Waals surface area contributed by atoms with E-state index in [1.807, 2.05) is 0 Å². The summed E-state index contributed by atoms with van der Waals surface area (Å²) in [6.45, 7) is 1.55. The molecule has 0 radical (unpaired) electrons. The van der Waals surface area contributed by atoms with Crippen LogP contribution in [0.15, 0.2) is 6.33 Å². The predicted octanol–water partition coefficient (Wildman–Crippen LogP) is 2.40. The van der Waals surface area contributed by atoms with Crippen LogP contribution in [0.3, 0.4) is 0 Å². The molecular formula is C9H8Cl2N2O. The number of aromatic nitrogens is 2. The Morgan fingerprint density at radius 3 is 2.21 bits per heavy atom. The molecule has 3 nitrogen and oxygen atoms in total. The fourth-order valence-electron chi connectivity index (χ4n) is 1.64. The topological polar surface area (TPSA) is 42.9 Å². The molecule has 1 aromatic rings. The van der Waals surface area contributed by atoms with E-state index in [9.17, 15) is 4.79 Å². The van der Waals surface area contributed by atoms with Crippen molar-refractivity contribution in [2.45, 2.75) is 25.2 Å². The number of carbonyl (C=O) groups excluding carboxylic acids is 1. The summed E-state index contributed by atoms with van der Waals surface area (Å²) < 4.78 is 0. The van der Waals surface area contributed by atoms with E-state index in [1.165, 1.54) is 6.33 Å². The van der Waals surface area contributed by atoms with Crippen molar-refractivity contribution in [3.8, 4) is 0 Å². The Bertz CT molecular complexity index is 382. The Labute approximate surface area is 91.5 Å². The third-order valence-corrected chi connectivity index (χ3v) is 3.23. The van der Waals surface area contributed by atoms with Gasteiger partial charge in [-0.05, 0) is 19.8 Å². The molecule has 1 fully saturated rings. The SMILES string of the molecule is CC(=O)C1(c2c(Cl)ncnc2Cl)CC1. The van der Waals surface area contributed by atoms with Gasteiger partial charge >= 0.3 is 0 Å². The van der Waals surface area contributed by atoms with Crippen LogP contribution in [0.4, 0.5) is 0 Å². The minimum Gasteiger partial charge on any atom is -0.299 e. The van der Waals surface area contributed by atoms with Crippen molar-refractivity contribution in [2.24, 2.45) is 0 Å². The summed E-state index contributed by atoms with van der Waals surface area (Å²) in [7, 11) is 0. The Morgan fingerprint density at radius 2 is 1.86 bits per heavy atom. The van der Waals surface area contributed by atoms with Gasteiger partial charge in [0, 0.05) is 5.56 Å². The molecular weight excluding hydrogens is 223 g/mol. The average Bonchev–Trinajstić information content (AvgIpc) is 2.85. The summed E-state index contributed by atoms with van der Waals surface area (Å²) in [6, 6.07) is 0. The summed E-state index contributed by atoms with van der Waals surface area (Å²) in [5, 5.41) is 0.579. The van der Waals surface area contributed by atoms with E-state index in [-0.39, 0.29) is 16.1 Å². The van der Waals surface area contributed by atoms with Crippen LogP contribution in [-0.4, -0.2) is 15.8 Å². The molecule has 0 unspecified atom stereocenters. The molecule has 0 N–H and O–H groups in total. The van der Waals surface area contributed by atoms with Crippen LogP contribution >= 0.6 is 23.2 Å². The summed E-state index contributed by atoms with van der Waals surface area (Å²) in [5.74, 6) is 0.0797. The lowest BCUT2D eigenvalue weighted by Gasteiger charge is -2.13. The van der Waals surface area contributed by atoms with E-state index >= 15 is 0 Å². The Morgan fingerprint density at radius 1 is 1.36 bits per heavy atom. The maximum Gasteiger partial charge on any atom is 0.140 e. The third kappa shape index (κ3) is 1.31. The molecule has 14 heavy (non-hydrogen) atoms. The van der Waals surface area contributed by atoms with Crippen LogP contribution in [0.5, 0.6) is 0 Å². The molecule has 0 amide bonds. The van der Waals surface area contributed by atoms with Gasteiger partial charge in [0.05, 0.1) is 5.41 Å². The highest BCUT2D eigenvalue weighted by Gasteiger charge is 2.51. The fourth-order valence-corrected chi connectivity index (χ4v) is 2.32. The highest BCUT2D eigenvalue weighted by molar-refractivity contribution is 6.35. The van der Waals surface area contributed by atoms with Gasteiger partial charge in [-0.25, -0.2) is 9.97 Å². The molecule has 1 aromatic heterocycles. The van der Waals surface area contributed by atoms with E-state index in [0.29, 0.717) is 5.56 Å². The molecule has 0 aliphatic heterocycles. The number of hydrogen-bond donors (Lipinski definition) is 0. The smallest absolute Gasteiger partial charge is 0.140 e. The Kier molecular flexibility index (Phi) is 2.24. The highest BCUT2D eigenvalue weighted by atomic mass is 35.5. The van der Waals surface area contributed by atoms with Crippen molar-refractivity contribution in [3.05, 3.63) is 22.2 Å². The van der Waals surface area contributed by atoms with Crippen LogP contribution in [0.2, 0.25) is 10.3 Å². The van der Waals surface area contributed by atoms with Crippen LogP contribution in [-0.2, 0) is 10.2 Å². The number of rotatable bonds is 2. The normalized spacial score (nSPS) is 17.9. The molecule has 5 heteroatoms. The Hall–Kier alpha value is -0.670. The lowest BCUT2D eigenvalue weighted by molar-refractivity contribution is -0.119. The van der Waals surface area contributed by atoms with Crippen molar-refractivity contribution in [1.82, 2.24) is 9.97 Å². The third-order valence-electron chi connectivity index (χ3n) is 2.66. The van der Waals surface area contributed by atoms with Crippen LogP contribution < -0.4 is 0 Å². The summed E-state index contributed by atoms with van der Waals surface area (Å²) in [5.41, 5.74) is 0.0888. The molecule has 0 atom stereocenters. The zero-order chi connectivity index (χ0) is 10.3. The minimum atomic E-state index is -0.505. The van der Waals surface area contributed by atoms with Crippen molar-refractivity contribution >= 4 is 29.0 Å². The monoisotopic (exact) mass is 230 g/mol. The molecule has 74 valence electrons. The fraction of sp³-hybridized carbons (Fsp3) is 0.444. The first-order chi connectivity index (χ1) is 6.58. The molecule has 1 saturated carbocycles. The number of halogens is 2. The van der Waals surface area contributed by atoms with Crippen molar-refractivity contribution in [1.29, 1.82) is 0 Å². The molecule has 0 bridgehead atoms. The standard InChI is InChI=1S/C9H8Cl2N2O/c1-5(14)9(2-3-9)6-7(10)12-4-13-8(6)11/h4H,2-3H2,1H3. The van der Waals surface area contributed by atoms with Gasteiger partial charge in [0.1, 0.15) is 22.4 Å². The molecule has 1 aliphatic rings.